The minimum Gasteiger partial charge on any atom is -0.264 e. The molecule has 2 heteroatoms. The Morgan fingerprint density at radius 2 is 1.84 bits per heavy atom. The molecule has 2 aromatic rings. The zero-order valence-electron chi connectivity index (χ0n) is 11.7. The molecule has 1 aliphatic rings. The topological polar surface area (TPSA) is 17.8 Å². The molecule has 1 aromatic heterocycles. The van der Waals surface area contributed by atoms with Gasteiger partial charge in [-0.3, -0.25) is 4.68 Å². The summed E-state index contributed by atoms with van der Waals surface area (Å²) in [5, 5.41) is 4.70. The molecule has 0 amide bonds. The number of rotatable bonds is 3. The van der Waals surface area contributed by atoms with Gasteiger partial charge in [-0.1, -0.05) is 49.6 Å². The Labute approximate surface area is 115 Å². The first-order valence-corrected chi connectivity index (χ1v) is 7.43. The number of benzene rings is 1. The van der Waals surface area contributed by atoms with Crippen molar-refractivity contribution < 1.29 is 0 Å². The Morgan fingerprint density at radius 1 is 1.11 bits per heavy atom. The van der Waals surface area contributed by atoms with Crippen LogP contribution in [0.15, 0.2) is 36.4 Å². The lowest BCUT2D eigenvalue weighted by atomic mass is 9.89. The minimum atomic E-state index is 0.815. The molecule has 0 atom stereocenters. The van der Waals surface area contributed by atoms with E-state index in [0.29, 0.717) is 0 Å². The van der Waals surface area contributed by atoms with Crippen LogP contribution in [0.3, 0.4) is 0 Å². The van der Waals surface area contributed by atoms with Gasteiger partial charge in [0, 0.05) is 6.54 Å². The van der Waals surface area contributed by atoms with Crippen molar-refractivity contribution in [3.63, 3.8) is 0 Å². The second kappa shape index (κ2) is 5.60. The van der Waals surface area contributed by atoms with Gasteiger partial charge in [-0.25, -0.2) is 0 Å². The molecule has 1 aromatic carbocycles. The number of nitrogens with zero attached hydrogens (tertiary/aromatic N) is 2. The highest BCUT2D eigenvalue weighted by atomic mass is 15.3. The molecule has 0 radical (unpaired) electrons. The van der Waals surface area contributed by atoms with E-state index in [4.69, 9.17) is 5.10 Å². The molecule has 3 rings (SSSR count). The molecule has 0 spiro atoms. The summed E-state index contributed by atoms with van der Waals surface area (Å²) in [6.07, 6.45) is 6.94. The molecule has 0 aliphatic heterocycles. The zero-order valence-corrected chi connectivity index (χ0v) is 11.7. The molecular weight excluding hydrogens is 232 g/mol. The smallest absolute Gasteiger partial charge is 0.0685 e. The van der Waals surface area contributed by atoms with Gasteiger partial charge in [0.05, 0.1) is 11.4 Å². The molecule has 0 unspecified atom stereocenters. The Bertz CT molecular complexity index is 521. The van der Waals surface area contributed by atoms with Crippen molar-refractivity contribution in [2.24, 2.45) is 5.92 Å². The van der Waals surface area contributed by atoms with Crippen LogP contribution in [0.4, 0.5) is 0 Å². The lowest BCUT2D eigenvalue weighted by Gasteiger charge is -2.22. The zero-order chi connectivity index (χ0) is 13.1. The fourth-order valence-electron chi connectivity index (χ4n) is 3.14. The van der Waals surface area contributed by atoms with Gasteiger partial charge >= 0.3 is 0 Å². The summed E-state index contributed by atoms with van der Waals surface area (Å²) < 4.78 is 2.22. The van der Waals surface area contributed by atoms with Gasteiger partial charge in [0.25, 0.3) is 0 Å². The van der Waals surface area contributed by atoms with Crippen LogP contribution in [0.1, 0.15) is 37.8 Å². The quantitative estimate of drug-likeness (QED) is 0.791. The van der Waals surface area contributed by atoms with Crippen molar-refractivity contribution in [1.82, 2.24) is 9.78 Å². The van der Waals surface area contributed by atoms with Gasteiger partial charge in [-0.05, 0) is 37.3 Å². The van der Waals surface area contributed by atoms with Crippen LogP contribution in [0.25, 0.3) is 11.3 Å². The largest absolute Gasteiger partial charge is 0.264 e. The summed E-state index contributed by atoms with van der Waals surface area (Å²) >= 11 is 0. The Hall–Kier alpha value is -1.57. The summed E-state index contributed by atoms with van der Waals surface area (Å²) in [4.78, 5) is 0. The van der Waals surface area contributed by atoms with Crippen LogP contribution in [0.5, 0.6) is 0 Å². The predicted octanol–water partition coefficient (Wildman–Crippen LogP) is 4.44. The third-order valence-electron chi connectivity index (χ3n) is 4.13. The summed E-state index contributed by atoms with van der Waals surface area (Å²) in [5.41, 5.74) is 3.66. The first-order chi connectivity index (χ1) is 9.33. The summed E-state index contributed by atoms with van der Waals surface area (Å²) in [7, 11) is 0. The molecule has 100 valence electrons. The van der Waals surface area contributed by atoms with E-state index in [-0.39, 0.29) is 0 Å². The maximum Gasteiger partial charge on any atom is 0.0685 e. The van der Waals surface area contributed by atoms with Crippen molar-refractivity contribution in [1.29, 1.82) is 0 Å². The Balaban J connectivity index is 1.85. The van der Waals surface area contributed by atoms with Crippen molar-refractivity contribution in [2.75, 3.05) is 0 Å². The van der Waals surface area contributed by atoms with Gasteiger partial charge in [0.1, 0.15) is 0 Å². The van der Waals surface area contributed by atoms with Crippen LogP contribution in [-0.2, 0) is 6.54 Å². The molecular formula is C17H22N2. The van der Waals surface area contributed by atoms with Crippen LogP contribution in [-0.4, -0.2) is 9.78 Å². The maximum atomic E-state index is 4.70. The number of hydrogen-bond acceptors (Lipinski definition) is 1. The van der Waals surface area contributed by atoms with Crippen molar-refractivity contribution in [3.8, 4) is 11.3 Å². The van der Waals surface area contributed by atoms with E-state index in [1.54, 1.807) is 0 Å². The minimum absolute atomic E-state index is 0.815. The Morgan fingerprint density at radius 3 is 2.58 bits per heavy atom. The van der Waals surface area contributed by atoms with Gasteiger partial charge < -0.3 is 0 Å². The molecule has 19 heavy (non-hydrogen) atoms. The van der Waals surface area contributed by atoms with Crippen LogP contribution < -0.4 is 0 Å². The van der Waals surface area contributed by atoms with Crippen molar-refractivity contribution in [3.05, 3.63) is 42.1 Å². The molecule has 1 fully saturated rings. The van der Waals surface area contributed by atoms with E-state index < -0.39 is 0 Å². The van der Waals surface area contributed by atoms with E-state index >= 15 is 0 Å². The average Bonchev–Trinajstić information content (AvgIpc) is 2.82. The summed E-state index contributed by atoms with van der Waals surface area (Å²) in [6, 6.07) is 12.8. The summed E-state index contributed by atoms with van der Waals surface area (Å²) in [6.45, 7) is 3.17. The molecule has 0 saturated heterocycles. The predicted molar refractivity (Wildman–Crippen MR) is 79.0 cm³/mol. The third-order valence-corrected chi connectivity index (χ3v) is 4.13. The first-order valence-electron chi connectivity index (χ1n) is 7.43. The normalized spacial score (nSPS) is 16.7. The molecule has 1 heterocycles. The highest BCUT2D eigenvalue weighted by Crippen LogP contribution is 2.27. The fraction of sp³-hybridized carbons (Fsp3) is 0.471. The SMILES string of the molecule is Cc1cc(-c2ccccc2)n(CC2CCCCC2)n1. The molecule has 1 aliphatic carbocycles. The lowest BCUT2D eigenvalue weighted by Crippen LogP contribution is -2.15. The monoisotopic (exact) mass is 254 g/mol. The van der Waals surface area contributed by atoms with Gasteiger partial charge in [-0.2, -0.15) is 5.10 Å². The van der Waals surface area contributed by atoms with Crippen molar-refractivity contribution >= 4 is 0 Å². The second-order valence-electron chi connectivity index (χ2n) is 5.72. The third kappa shape index (κ3) is 2.89. The molecule has 1 saturated carbocycles. The van der Waals surface area contributed by atoms with Crippen molar-refractivity contribution in [2.45, 2.75) is 45.6 Å². The van der Waals surface area contributed by atoms with Crippen LogP contribution in [0, 0.1) is 12.8 Å². The van der Waals surface area contributed by atoms with E-state index in [9.17, 15) is 0 Å². The first kappa shape index (κ1) is 12.5. The van der Waals surface area contributed by atoms with E-state index in [1.165, 1.54) is 43.4 Å². The second-order valence-corrected chi connectivity index (χ2v) is 5.72. The number of aryl methyl sites for hydroxylation is 1. The Kier molecular flexibility index (Phi) is 3.67. The van der Waals surface area contributed by atoms with E-state index in [2.05, 4.69) is 48.0 Å². The lowest BCUT2D eigenvalue weighted by molar-refractivity contribution is 0.309. The maximum absolute atomic E-state index is 4.70. The molecule has 0 N–H and O–H groups in total. The van der Waals surface area contributed by atoms with Crippen LogP contribution in [0.2, 0.25) is 0 Å². The van der Waals surface area contributed by atoms with E-state index in [0.717, 1.165) is 18.2 Å². The van der Waals surface area contributed by atoms with Gasteiger partial charge in [-0.15, -0.1) is 0 Å². The molecule has 0 bridgehead atoms. The average molecular weight is 254 g/mol. The highest BCUT2D eigenvalue weighted by Gasteiger charge is 2.16. The van der Waals surface area contributed by atoms with Crippen LogP contribution >= 0.6 is 0 Å². The van der Waals surface area contributed by atoms with Gasteiger partial charge in [0.2, 0.25) is 0 Å². The fourth-order valence-corrected chi connectivity index (χ4v) is 3.14. The highest BCUT2D eigenvalue weighted by molar-refractivity contribution is 5.59. The number of aromatic nitrogens is 2. The van der Waals surface area contributed by atoms with Gasteiger partial charge in [0.15, 0.2) is 0 Å². The molecule has 2 nitrogen and oxygen atoms in total. The number of hydrogen-bond donors (Lipinski definition) is 0. The van der Waals surface area contributed by atoms with E-state index in [1.807, 2.05) is 0 Å². The summed E-state index contributed by atoms with van der Waals surface area (Å²) in [5.74, 6) is 0.815. The standard InChI is InChI=1S/C17H22N2/c1-14-12-17(16-10-6-3-7-11-16)19(18-14)13-15-8-4-2-5-9-15/h3,6-7,10-12,15H,2,4-5,8-9,13H2,1H3.